The molecule has 0 aliphatic carbocycles. The van der Waals surface area contributed by atoms with Crippen molar-refractivity contribution >= 4 is 17.6 Å². The van der Waals surface area contributed by atoms with Crippen molar-refractivity contribution in [3.05, 3.63) is 124 Å². The standard InChI is InChI=1S/C33H38ClN3O3/c1-3-4-15-30-36-31(34)29(23-38)37(30)22-27-18-16-26(17-19-27)21-35-24-33(32(39)40-2,28-13-9-6-10-14-28)20-25-11-7-5-8-12-25/h5-14,16-19,35,38H,3-4,15,20-24H2,1-2H3. The molecule has 6 nitrogen and oxygen atoms in total. The topological polar surface area (TPSA) is 76.4 Å². The van der Waals surface area contributed by atoms with Crippen LogP contribution in [0.1, 0.15) is 53.5 Å². The number of aromatic nitrogens is 2. The highest BCUT2D eigenvalue weighted by atomic mass is 35.5. The summed E-state index contributed by atoms with van der Waals surface area (Å²) in [5.41, 5.74) is 3.98. The number of aliphatic hydroxyl groups excluding tert-OH is 1. The van der Waals surface area contributed by atoms with E-state index in [-0.39, 0.29) is 12.6 Å². The van der Waals surface area contributed by atoms with Crippen molar-refractivity contribution in [2.75, 3.05) is 13.7 Å². The number of aryl methyl sites for hydroxylation is 1. The van der Waals surface area contributed by atoms with Gasteiger partial charge in [-0.3, -0.25) is 4.79 Å². The van der Waals surface area contributed by atoms with E-state index in [1.165, 1.54) is 7.11 Å². The fraction of sp³-hybridized carbons (Fsp3) is 0.333. The maximum Gasteiger partial charge on any atom is 0.317 e. The van der Waals surface area contributed by atoms with Crippen LogP contribution in [0.25, 0.3) is 0 Å². The van der Waals surface area contributed by atoms with Crippen LogP contribution in [-0.4, -0.2) is 34.3 Å². The Morgan fingerprint density at radius 1 is 0.975 bits per heavy atom. The summed E-state index contributed by atoms with van der Waals surface area (Å²) in [5.74, 6) is 0.642. The lowest BCUT2D eigenvalue weighted by molar-refractivity contribution is -0.147. The Morgan fingerprint density at radius 3 is 2.25 bits per heavy atom. The summed E-state index contributed by atoms with van der Waals surface area (Å²) in [6.07, 6.45) is 3.43. The molecule has 0 saturated heterocycles. The number of rotatable bonds is 14. The second kappa shape index (κ2) is 14.3. The minimum Gasteiger partial charge on any atom is -0.468 e. The number of hydrogen-bond acceptors (Lipinski definition) is 5. The molecule has 7 heteroatoms. The van der Waals surface area contributed by atoms with Crippen molar-refractivity contribution in [3.63, 3.8) is 0 Å². The minimum atomic E-state index is -0.867. The number of methoxy groups -OCH3 is 1. The number of unbranched alkanes of at least 4 members (excludes halogenated alkanes) is 1. The third-order valence-electron chi connectivity index (χ3n) is 7.38. The lowest BCUT2D eigenvalue weighted by Gasteiger charge is -2.32. The Balaban J connectivity index is 1.49. The average molecular weight is 560 g/mol. The zero-order chi connectivity index (χ0) is 28.4. The van der Waals surface area contributed by atoms with E-state index in [9.17, 15) is 9.90 Å². The van der Waals surface area contributed by atoms with Crippen molar-refractivity contribution < 1.29 is 14.6 Å². The Morgan fingerprint density at radius 2 is 1.62 bits per heavy atom. The van der Waals surface area contributed by atoms with Gasteiger partial charge in [0.05, 0.1) is 19.4 Å². The van der Waals surface area contributed by atoms with Crippen LogP contribution in [0.15, 0.2) is 84.9 Å². The van der Waals surface area contributed by atoms with Crippen molar-refractivity contribution in [1.82, 2.24) is 14.9 Å². The summed E-state index contributed by atoms with van der Waals surface area (Å²) < 4.78 is 7.39. The van der Waals surface area contributed by atoms with E-state index in [0.717, 1.165) is 47.3 Å². The summed E-state index contributed by atoms with van der Waals surface area (Å²) in [7, 11) is 1.45. The van der Waals surface area contributed by atoms with Crippen LogP contribution in [0.4, 0.5) is 0 Å². The lowest BCUT2D eigenvalue weighted by atomic mass is 9.75. The molecule has 210 valence electrons. The normalized spacial score (nSPS) is 12.7. The van der Waals surface area contributed by atoms with Crippen molar-refractivity contribution in [2.45, 2.75) is 57.7 Å². The molecule has 0 spiro atoms. The van der Waals surface area contributed by atoms with E-state index in [1.54, 1.807) is 0 Å². The molecule has 3 aromatic carbocycles. The smallest absolute Gasteiger partial charge is 0.317 e. The summed E-state index contributed by atoms with van der Waals surface area (Å²) in [4.78, 5) is 17.8. The zero-order valence-electron chi connectivity index (χ0n) is 23.3. The predicted octanol–water partition coefficient (Wildman–Crippen LogP) is 5.86. The maximum atomic E-state index is 13.3. The van der Waals surface area contributed by atoms with Gasteiger partial charge in [-0.1, -0.05) is 110 Å². The third-order valence-corrected chi connectivity index (χ3v) is 7.68. The molecular formula is C33H38ClN3O3. The van der Waals surface area contributed by atoms with Crippen LogP contribution in [-0.2, 0) is 47.5 Å². The molecule has 1 unspecified atom stereocenters. The number of nitrogens with zero attached hydrogens (tertiary/aromatic N) is 2. The Labute approximate surface area is 242 Å². The van der Waals surface area contributed by atoms with Crippen LogP contribution in [0.2, 0.25) is 5.15 Å². The summed E-state index contributed by atoms with van der Waals surface area (Å²) in [6.45, 7) is 3.62. The van der Waals surface area contributed by atoms with Crippen LogP contribution in [0.3, 0.4) is 0 Å². The van der Waals surface area contributed by atoms with E-state index in [1.807, 2.05) is 65.2 Å². The van der Waals surface area contributed by atoms with Crippen LogP contribution in [0, 0.1) is 0 Å². The van der Waals surface area contributed by atoms with Crippen molar-refractivity contribution in [3.8, 4) is 0 Å². The molecule has 0 aliphatic rings. The van der Waals surface area contributed by atoms with E-state index >= 15 is 0 Å². The van der Waals surface area contributed by atoms with E-state index in [2.05, 4.69) is 41.5 Å². The number of ether oxygens (including phenoxy) is 1. The van der Waals surface area contributed by atoms with Crippen molar-refractivity contribution in [2.24, 2.45) is 0 Å². The molecule has 0 saturated carbocycles. The molecule has 0 aliphatic heterocycles. The first-order chi connectivity index (χ1) is 19.5. The Hall–Kier alpha value is -3.45. The molecular weight excluding hydrogens is 522 g/mol. The quantitative estimate of drug-likeness (QED) is 0.189. The van der Waals surface area contributed by atoms with Gasteiger partial charge in [0.2, 0.25) is 0 Å². The number of imidazole rings is 1. The number of esters is 1. The van der Waals surface area contributed by atoms with Crippen molar-refractivity contribution in [1.29, 1.82) is 0 Å². The van der Waals surface area contributed by atoms with Crippen LogP contribution in [0.5, 0.6) is 0 Å². The van der Waals surface area contributed by atoms with Gasteiger partial charge in [0, 0.05) is 26.1 Å². The molecule has 4 aromatic rings. The fourth-order valence-electron chi connectivity index (χ4n) is 5.16. The third kappa shape index (κ3) is 7.00. The van der Waals surface area contributed by atoms with Gasteiger partial charge in [0.25, 0.3) is 0 Å². The zero-order valence-corrected chi connectivity index (χ0v) is 24.0. The molecule has 0 fully saturated rings. The first kappa shape index (κ1) is 29.5. The lowest BCUT2D eigenvalue weighted by Crippen LogP contribution is -2.47. The van der Waals surface area contributed by atoms with Crippen LogP contribution < -0.4 is 5.32 Å². The maximum absolute atomic E-state index is 13.3. The van der Waals surface area contributed by atoms with E-state index in [4.69, 9.17) is 16.3 Å². The van der Waals surface area contributed by atoms with Gasteiger partial charge < -0.3 is 19.7 Å². The minimum absolute atomic E-state index is 0.147. The molecule has 0 bridgehead atoms. The Bertz CT molecular complexity index is 1360. The van der Waals surface area contributed by atoms with Gasteiger partial charge in [-0.05, 0) is 35.1 Å². The predicted molar refractivity (Wildman–Crippen MR) is 159 cm³/mol. The number of halogens is 1. The molecule has 1 atom stereocenters. The molecule has 0 radical (unpaired) electrons. The van der Waals surface area contributed by atoms with E-state index < -0.39 is 5.41 Å². The molecule has 2 N–H and O–H groups in total. The van der Waals surface area contributed by atoms with Gasteiger partial charge in [-0.2, -0.15) is 0 Å². The largest absolute Gasteiger partial charge is 0.468 e. The summed E-state index contributed by atoms with van der Waals surface area (Å²) in [5, 5.41) is 13.8. The van der Waals surface area contributed by atoms with Gasteiger partial charge in [-0.15, -0.1) is 0 Å². The fourth-order valence-corrected chi connectivity index (χ4v) is 5.42. The molecule has 1 aromatic heterocycles. The highest BCUT2D eigenvalue weighted by molar-refractivity contribution is 6.30. The van der Waals surface area contributed by atoms with Crippen LogP contribution >= 0.6 is 11.6 Å². The number of benzene rings is 3. The highest BCUT2D eigenvalue weighted by Gasteiger charge is 2.41. The van der Waals surface area contributed by atoms with Gasteiger partial charge >= 0.3 is 5.97 Å². The summed E-state index contributed by atoms with van der Waals surface area (Å²) in [6, 6.07) is 28.3. The number of carbonyl (C=O) groups excluding carboxylic acids is 1. The second-order valence-electron chi connectivity index (χ2n) is 10.1. The molecule has 40 heavy (non-hydrogen) atoms. The van der Waals surface area contributed by atoms with Gasteiger partial charge in [0.15, 0.2) is 5.15 Å². The molecule has 4 rings (SSSR count). The average Bonchev–Trinajstić information content (AvgIpc) is 3.30. The molecule has 1 heterocycles. The number of hydrogen-bond donors (Lipinski definition) is 2. The first-order valence-electron chi connectivity index (χ1n) is 13.8. The van der Waals surface area contributed by atoms with Gasteiger partial charge in [-0.25, -0.2) is 4.98 Å². The highest BCUT2D eigenvalue weighted by Crippen LogP contribution is 2.30. The monoisotopic (exact) mass is 559 g/mol. The van der Waals surface area contributed by atoms with E-state index in [0.29, 0.717) is 36.9 Å². The number of carbonyl (C=O) groups is 1. The first-order valence-corrected chi connectivity index (χ1v) is 14.2. The summed E-state index contributed by atoms with van der Waals surface area (Å²) >= 11 is 6.31. The van der Waals surface area contributed by atoms with Gasteiger partial charge in [0.1, 0.15) is 11.2 Å². The number of nitrogens with one attached hydrogen (secondary N) is 1. The molecule has 0 amide bonds. The SMILES string of the molecule is CCCCc1nc(Cl)c(CO)n1Cc1ccc(CNCC(Cc2ccccc2)(C(=O)OC)c2ccccc2)cc1. The second-order valence-corrected chi connectivity index (χ2v) is 10.5. The Kier molecular flexibility index (Phi) is 10.5. The number of aliphatic hydroxyl groups is 1.